The molecule has 0 saturated heterocycles. The first kappa shape index (κ1) is 9.38. The molecule has 2 atom stereocenters. The highest BCUT2D eigenvalue weighted by molar-refractivity contribution is 5.84. The van der Waals surface area contributed by atoms with Crippen LogP contribution in [0.4, 0.5) is 4.39 Å². The molecule has 74 valence electrons. The molecule has 1 aromatic rings. The van der Waals surface area contributed by atoms with Crippen molar-refractivity contribution >= 4 is 5.78 Å². The highest BCUT2D eigenvalue weighted by atomic mass is 19.1. The van der Waals surface area contributed by atoms with Gasteiger partial charge in [-0.3, -0.25) is 4.79 Å². The molecule has 1 fully saturated rings. The van der Waals surface area contributed by atoms with Crippen molar-refractivity contribution in [3.05, 3.63) is 35.6 Å². The molecule has 0 amide bonds. The first-order chi connectivity index (χ1) is 6.70. The van der Waals surface area contributed by atoms with Crippen LogP contribution >= 0.6 is 0 Å². The van der Waals surface area contributed by atoms with Crippen LogP contribution in [0.5, 0.6) is 0 Å². The summed E-state index contributed by atoms with van der Waals surface area (Å²) in [6.45, 7) is 1.90. The van der Waals surface area contributed by atoms with Crippen LogP contribution in [0.1, 0.15) is 31.2 Å². The van der Waals surface area contributed by atoms with Gasteiger partial charge in [0, 0.05) is 12.3 Å². The van der Waals surface area contributed by atoms with E-state index >= 15 is 0 Å². The summed E-state index contributed by atoms with van der Waals surface area (Å²) in [5, 5.41) is 0. The smallest absolute Gasteiger partial charge is 0.136 e. The lowest BCUT2D eigenvalue weighted by Gasteiger charge is -2.14. The Labute approximate surface area is 82.9 Å². The average molecular weight is 192 g/mol. The zero-order valence-electron chi connectivity index (χ0n) is 8.16. The van der Waals surface area contributed by atoms with Gasteiger partial charge >= 0.3 is 0 Å². The van der Waals surface area contributed by atoms with Crippen molar-refractivity contribution in [2.24, 2.45) is 5.92 Å². The minimum atomic E-state index is -0.181. The summed E-state index contributed by atoms with van der Waals surface area (Å²) in [4.78, 5) is 11.3. The Morgan fingerprint density at radius 1 is 1.36 bits per heavy atom. The SMILES string of the molecule is CC1C(=O)CCC1c1ccccc1F. The molecule has 1 nitrogen and oxygen atoms in total. The second-order valence-electron chi connectivity index (χ2n) is 3.92. The fourth-order valence-electron chi connectivity index (χ4n) is 2.20. The number of rotatable bonds is 1. The van der Waals surface area contributed by atoms with Crippen LogP contribution in [0.2, 0.25) is 0 Å². The summed E-state index contributed by atoms with van der Waals surface area (Å²) < 4.78 is 13.4. The standard InChI is InChI=1S/C12H13FO/c1-8-9(6-7-12(8)14)10-4-2-3-5-11(10)13/h2-5,8-9H,6-7H2,1H3. The van der Waals surface area contributed by atoms with E-state index in [0.29, 0.717) is 12.0 Å². The number of Topliss-reactive ketones (excluding diaryl/α,β-unsaturated/α-hetero) is 1. The van der Waals surface area contributed by atoms with Crippen molar-refractivity contribution in [1.29, 1.82) is 0 Å². The van der Waals surface area contributed by atoms with E-state index < -0.39 is 0 Å². The van der Waals surface area contributed by atoms with Crippen LogP contribution in [0.25, 0.3) is 0 Å². The maximum Gasteiger partial charge on any atom is 0.136 e. The van der Waals surface area contributed by atoms with Gasteiger partial charge in [0.2, 0.25) is 0 Å². The van der Waals surface area contributed by atoms with Crippen LogP contribution in [0, 0.1) is 11.7 Å². The van der Waals surface area contributed by atoms with Crippen molar-refractivity contribution < 1.29 is 9.18 Å². The van der Waals surface area contributed by atoms with Gasteiger partial charge in [0.15, 0.2) is 0 Å². The Bertz CT molecular complexity index is 359. The Balaban J connectivity index is 2.32. The molecule has 2 rings (SSSR count). The van der Waals surface area contributed by atoms with Gasteiger partial charge in [-0.25, -0.2) is 4.39 Å². The van der Waals surface area contributed by atoms with Crippen molar-refractivity contribution in [2.75, 3.05) is 0 Å². The van der Waals surface area contributed by atoms with Gasteiger partial charge in [0.05, 0.1) is 0 Å². The number of hydrogen-bond donors (Lipinski definition) is 0. The molecule has 14 heavy (non-hydrogen) atoms. The third kappa shape index (κ3) is 1.45. The van der Waals surface area contributed by atoms with E-state index in [-0.39, 0.29) is 23.4 Å². The van der Waals surface area contributed by atoms with Gasteiger partial charge in [0.1, 0.15) is 11.6 Å². The minimum Gasteiger partial charge on any atom is -0.299 e. The molecule has 0 N–H and O–H groups in total. The highest BCUT2D eigenvalue weighted by Gasteiger charge is 2.33. The molecule has 1 aliphatic carbocycles. The minimum absolute atomic E-state index is 0.0214. The van der Waals surface area contributed by atoms with Gasteiger partial charge in [-0.05, 0) is 24.0 Å². The number of hydrogen-bond acceptors (Lipinski definition) is 1. The molecule has 0 aromatic heterocycles. The monoisotopic (exact) mass is 192 g/mol. The predicted molar refractivity (Wildman–Crippen MR) is 52.5 cm³/mol. The zero-order valence-corrected chi connectivity index (χ0v) is 8.16. The summed E-state index contributed by atoms with van der Waals surface area (Å²) in [5.41, 5.74) is 0.700. The first-order valence-corrected chi connectivity index (χ1v) is 4.97. The molecule has 0 bridgehead atoms. The number of benzene rings is 1. The van der Waals surface area contributed by atoms with E-state index in [0.717, 1.165) is 6.42 Å². The van der Waals surface area contributed by atoms with Gasteiger partial charge < -0.3 is 0 Å². The second-order valence-corrected chi connectivity index (χ2v) is 3.92. The Kier molecular flexibility index (Phi) is 2.36. The van der Waals surface area contributed by atoms with Gasteiger partial charge in [-0.2, -0.15) is 0 Å². The molecule has 1 saturated carbocycles. The van der Waals surface area contributed by atoms with Crippen molar-refractivity contribution in [1.82, 2.24) is 0 Å². The lowest BCUT2D eigenvalue weighted by atomic mass is 9.90. The number of carbonyl (C=O) groups is 1. The van der Waals surface area contributed by atoms with Crippen molar-refractivity contribution in [3.63, 3.8) is 0 Å². The topological polar surface area (TPSA) is 17.1 Å². The lowest BCUT2D eigenvalue weighted by Crippen LogP contribution is -2.10. The normalized spacial score (nSPS) is 26.9. The summed E-state index contributed by atoms with van der Waals surface area (Å²) >= 11 is 0. The summed E-state index contributed by atoms with van der Waals surface area (Å²) in [6.07, 6.45) is 1.39. The molecular weight excluding hydrogens is 179 g/mol. The molecule has 1 aromatic carbocycles. The summed E-state index contributed by atoms with van der Waals surface area (Å²) in [7, 11) is 0. The van der Waals surface area contributed by atoms with Gasteiger partial charge in [-0.1, -0.05) is 25.1 Å². The van der Waals surface area contributed by atoms with E-state index in [2.05, 4.69) is 0 Å². The van der Waals surface area contributed by atoms with E-state index in [4.69, 9.17) is 0 Å². The molecular formula is C12H13FO. The molecule has 0 heterocycles. The molecule has 0 spiro atoms. The van der Waals surface area contributed by atoms with E-state index in [1.807, 2.05) is 13.0 Å². The van der Waals surface area contributed by atoms with Gasteiger partial charge in [-0.15, -0.1) is 0 Å². The van der Waals surface area contributed by atoms with Crippen LogP contribution < -0.4 is 0 Å². The fourth-order valence-corrected chi connectivity index (χ4v) is 2.20. The Hall–Kier alpha value is -1.18. The van der Waals surface area contributed by atoms with Crippen LogP contribution in [0.3, 0.4) is 0 Å². The average Bonchev–Trinajstić information content (AvgIpc) is 2.49. The number of carbonyl (C=O) groups excluding carboxylic acids is 1. The van der Waals surface area contributed by atoms with Gasteiger partial charge in [0.25, 0.3) is 0 Å². The van der Waals surface area contributed by atoms with Crippen LogP contribution in [0.15, 0.2) is 24.3 Å². The van der Waals surface area contributed by atoms with Crippen molar-refractivity contribution in [3.8, 4) is 0 Å². The van der Waals surface area contributed by atoms with Crippen LogP contribution in [-0.2, 0) is 4.79 Å². The summed E-state index contributed by atoms with van der Waals surface area (Å²) in [5.74, 6) is 0.146. The van der Waals surface area contributed by atoms with E-state index in [9.17, 15) is 9.18 Å². The molecule has 2 heteroatoms. The first-order valence-electron chi connectivity index (χ1n) is 4.97. The predicted octanol–water partition coefficient (Wildman–Crippen LogP) is 2.91. The van der Waals surface area contributed by atoms with Crippen LogP contribution in [-0.4, -0.2) is 5.78 Å². The third-order valence-electron chi connectivity index (χ3n) is 3.12. The fraction of sp³-hybridized carbons (Fsp3) is 0.417. The van der Waals surface area contributed by atoms with Crippen molar-refractivity contribution in [2.45, 2.75) is 25.7 Å². The highest BCUT2D eigenvalue weighted by Crippen LogP contribution is 2.37. The number of ketones is 1. The Morgan fingerprint density at radius 2 is 2.07 bits per heavy atom. The maximum atomic E-state index is 13.4. The quantitative estimate of drug-likeness (QED) is 0.668. The maximum absolute atomic E-state index is 13.4. The molecule has 1 aliphatic rings. The van der Waals surface area contributed by atoms with E-state index in [1.165, 1.54) is 6.07 Å². The Morgan fingerprint density at radius 3 is 2.64 bits per heavy atom. The molecule has 0 radical (unpaired) electrons. The third-order valence-corrected chi connectivity index (χ3v) is 3.12. The largest absolute Gasteiger partial charge is 0.299 e. The lowest BCUT2D eigenvalue weighted by molar-refractivity contribution is -0.120. The summed E-state index contributed by atoms with van der Waals surface area (Å²) in [6, 6.07) is 6.76. The zero-order chi connectivity index (χ0) is 10.1. The molecule has 2 unspecified atom stereocenters. The number of halogens is 1. The van der Waals surface area contributed by atoms with E-state index in [1.54, 1.807) is 12.1 Å². The molecule has 0 aliphatic heterocycles. The second kappa shape index (κ2) is 3.52.